The summed E-state index contributed by atoms with van der Waals surface area (Å²) in [4.78, 5) is 10.6. The number of alkyl halides is 1. The molecule has 3 nitrogen and oxygen atoms in total. The van der Waals surface area contributed by atoms with E-state index in [9.17, 15) is 4.79 Å². The normalized spacial score (nSPS) is 12.2. The molecule has 0 aliphatic carbocycles. The fourth-order valence-corrected chi connectivity index (χ4v) is 1.69. The van der Waals surface area contributed by atoms with Gasteiger partial charge in [0.25, 0.3) is 0 Å². The molecule has 1 aromatic rings. The Kier molecular flexibility index (Phi) is 6.01. The van der Waals surface area contributed by atoms with E-state index in [0.717, 1.165) is 10.0 Å². The molecule has 0 N–H and O–H groups in total. The molecule has 0 fully saturated rings. The summed E-state index contributed by atoms with van der Waals surface area (Å²) in [6.07, 6.45) is 0. The average molecular weight is 352 g/mol. The van der Waals surface area contributed by atoms with Crippen LogP contribution in [0.4, 0.5) is 0 Å². The average Bonchev–Trinajstić information content (AvgIpc) is 2.30. The van der Waals surface area contributed by atoms with Crippen molar-refractivity contribution >= 4 is 37.8 Å². The van der Waals surface area contributed by atoms with Gasteiger partial charge in [0, 0.05) is 4.47 Å². The van der Waals surface area contributed by atoms with Crippen LogP contribution in [0.2, 0.25) is 0 Å². The van der Waals surface area contributed by atoms with Crippen LogP contribution < -0.4 is 0 Å². The van der Waals surface area contributed by atoms with E-state index in [4.69, 9.17) is 4.74 Å². The Bertz CT molecular complexity index is 338. The van der Waals surface area contributed by atoms with E-state index in [1.54, 1.807) is 0 Å². The zero-order valence-corrected chi connectivity index (χ0v) is 12.0. The van der Waals surface area contributed by atoms with Crippen LogP contribution in [0.3, 0.4) is 0 Å². The number of ether oxygens (including phenoxy) is 2. The summed E-state index contributed by atoms with van der Waals surface area (Å²) in [7, 11) is 1.35. The smallest absolute Gasteiger partial charge is 0.321 e. The number of halogens is 2. The summed E-state index contributed by atoms with van der Waals surface area (Å²) in [5.74, 6) is -0.323. The van der Waals surface area contributed by atoms with Gasteiger partial charge >= 0.3 is 5.97 Å². The Hall–Kier alpha value is -0.390. The lowest BCUT2D eigenvalue weighted by Crippen LogP contribution is -2.21. The molecule has 1 unspecified atom stereocenters. The zero-order valence-electron chi connectivity index (χ0n) is 8.78. The van der Waals surface area contributed by atoms with Crippen molar-refractivity contribution in [3.63, 3.8) is 0 Å². The summed E-state index contributed by atoms with van der Waals surface area (Å²) in [5, 5.41) is 0. The molecule has 5 heteroatoms. The lowest BCUT2D eigenvalue weighted by molar-refractivity contribution is -0.141. The van der Waals surface area contributed by atoms with Crippen molar-refractivity contribution in [2.24, 2.45) is 0 Å². The van der Waals surface area contributed by atoms with Gasteiger partial charge in [-0.3, -0.25) is 4.79 Å². The van der Waals surface area contributed by atoms with Gasteiger partial charge < -0.3 is 9.47 Å². The number of rotatable bonds is 5. The molecule has 88 valence electrons. The van der Waals surface area contributed by atoms with Crippen molar-refractivity contribution < 1.29 is 14.3 Å². The molecule has 0 aliphatic heterocycles. The van der Waals surface area contributed by atoms with E-state index in [1.807, 2.05) is 24.3 Å². The molecule has 0 heterocycles. The van der Waals surface area contributed by atoms with Gasteiger partial charge in [0.05, 0.1) is 20.3 Å². The van der Waals surface area contributed by atoms with Crippen LogP contribution in [0.1, 0.15) is 5.56 Å². The fraction of sp³-hybridized carbons (Fsp3) is 0.364. The monoisotopic (exact) mass is 350 g/mol. The molecule has 1 rings (SSSR count). The van der Waals surface area contributed by atoms with E-state index in [2.05, 4.69) is 36.6 Å². The topological polar surface area (TPSA) is 35.5 Å². The first-order valence-corrected chi connectivity index (χ1v) is 6.38. The molecule has 1 atom stereocenters. The minimum Gasteiger partial charge on any atom is -0.468 e. The summed E-state index contributed by atoms with van der Waals surface area (Å²) < 4.78 is 11.0. The number of methoxy groups -OCH3 is 1. The Morgan fingerprint density at radius 2 is 2.00 bits per heavy atom. The van der Waals surface area contributed by atoms with Crippen LogP contribution >= 0.6 is 31.9 Å². The Balaban J connectivity index is 2.30. The van der Waals surface area contributed by atoms with Gasteiger partial charge in [-0.05, 0) is 17.7 Å². The molecule has 0 saturated carbocycles. The van der Waals surface area contributed by atoms with Crippen LogP contribution in [0.5, 0.6) is 0 Å². The third-order valence-corrected chi connectivity index (χ3v) is 3.07. The highest BCUT2D eigenvalue weighted by molar-refractivity contribution is 9.10. The molecule has 0 saturated heterocycles. The molecular formula is C11H12Br2O3. The highest BCUT2D eigenvalue weighted by Gasteiger charge is 2.14. The van der Waals surface area contributed by atoms with Gasteiger partial charge in [-0.25, -0.2) is 0 Å². The standard InChI is InChI=1S/C11H12Br2O3/c1-15-11(14)10(13)7-16-6-8-2-4-9(12)5-3-8/h2-5,10H,6-7H2,1H3. The predicted molar refractivity (Wildman–Crippen MR) is 68.5 cm³/mol. The van der Waals surface area contributed by atoms with Crippen molar-refractivity contribution in [3.8, 4) is 0 Å². The van der Waals surface area contributed by atoms with Crippen molar-refractivity contribution in [3.05, 3.63) is 34.3 Å². The van der Waals surface area contributed by atoms with Crippen molar-refractivity contribution in [2.75, 3.05) is 13.7 Å². The Morgan fingerprint density at radius 1 is 1.38 bits per heavy atom. The van der Waals surface area contributed by atoms with Crippen LogP contribution in [0.15, 0.2) is 28.7 Å². The molecule has 0 spiro atoms. The second-order valence-corrected chi connectivity index (χ2v) is 5.15. The maximum atomic E-state index is 11.0. The lowest BCUT2D eigenvalue weighted by atomic mass is 10.2. The van der Waals surface area contributed by atoms with E-state index in [1.165, 1.54) is 7.11 Å². The molecule has 16 heavy (non-hydrogen) atoms. The highest BCUT2D eigenvalue weighted by Crippen LogP contribution is 2.12. The predicted octanol–water partition coefficient (Wildman–Crippen LogP) is 2.90. The molecule has 0 amide bonds. The molecule has 0 radical (unpaired) electrons. The SMILES string of the molecule is COC(=O)C(Br)COCc1ccc(Br)cc1. The first-order chi connectivity index (χ1) is 7.63. The minimum atomic E-state index is -0.409. The van der Waals surface area contributed by atoms with Gasteiger partial charge in [-0.15, -0.1) is 0 Å². The first kappa shape index (κ1) is 13.7. The third kappa shape index (κ3) is 4.63. The van der Waals surface area contributed by atoms with Gasteiger partial charge in [0.2, 0.25) is 0 Å². The zero-order chi connectivity index (χ0) is 12.0. The molecule has 1 aromatic carbocycles. The number of hydrogen-bond donors (Lipinski definition) is 0. The van der Waals surface area contributed by atoms with E-state index >= 15 is 0 Å². The molecule has 0 bridgehead atoms. The van der Waals surface area contributed by atoms with Gasteiger partial charge in [0.1, 0.15) is 4.83 Å². The van der Waals surface area contributed by atoms with Gasteiger partial charge in [-0.1, -0.05) is 44.0 Å². The number of carbonyl (C=O) groups is 1. The van der Waals surface area contributed by atoms with E-state index < -0.39 is 4.83 Å². The summed E-state index contributed by atoms with van der Waals surface area (Å²) in [6.45, 7) is 0.773. The molecule has 0 aromatic heterocycles. The van der Waals surface area contributed by atoms with Crippen LogP contribution in [-0.2, 0) is 20.9 Å². The molecule has 0 aliphatic rings. The maximum absolute atomic E-state index is 11.0. The van der Waals surface area contributed by atoms with Crippen molar-refractivity contribution in [2.45, 2.75) is 11.4 Å². The summed E-state index contributed by atoms with van der Waals surface area (Å²) in [6, 6.07) is 7.83. The number of esters is 1. The third-order valence-electron chi connectivity index (χ3n) is 1.90. The summed E-state index contributed by atoms with van der Waals surface area (Å²) >= 11 is 6.54. The minimum absolute atomic E-state index is 0.294. The highest BCUT2D eigenvalue weighted by atomic mass is 79.9. The number of benzene rings is 1. The van der Waals surface area contributed by atoms with Gasteiger partial charge in [-0.2, -0.15) is 0 Å². The lowest BCUT2D eigenvalue weighted by Gasteiger charge is -2.08. The van der Waals surface area contributed by atoms with Crippen LogP contribution in [-0.4, -0.2) is 24.5 Å². The van der Waals surface area contributed by atoms with Crippen LogP contribution in [0.25, 0.3) is 0 Å². The quantitative estimate of drug-likeness (QED) is 0.604. The van der Waals surface area contributed by atoms with E-state index in [0.29, 0.717) is 13.2 Å². The van der Waals surface area contributed by atoms with Crippen LogP contribution in [0, 0.1) is 0 Å². The van der Waals surface area contributed by atoms with E-state index in [-0.39, 0.29) is 5.97 Å². The second kappa shape index (κ2) is 7.04. The first-order valence-electron chi connectivity index (χ1n) is 4.67. The Morgan fingerprint density at radius 3 is 2.56 bits per heavy atom. The Labute approximate surface area is 111 Å². The van der Waals surface area contributed by atoms with Gasteiger partial charge in [0.15, 0.2) is 0 Å². The number of hydrogen-bond acceptors (Lipinski definition) is 3. The van der Waals surface area contributed by atoms with Crippen molar-refractivity contribution in [1.29, 1.82) is 0 Å². The van der Waals surface area contributed by atoms with Crippen molar-refractivity contribution in [1.82, 2.24) is 0 Å². The summed E-state index contributed by atoms with van der Waals surface area (Å²) in [5.41, 5.74) is 1.06. The second-order valence-electron chi connectivity index (χ2n) is 3.13. The molecular weight excluding hydrogens is 340 g/mol. The maximum Gasteiger partial charge on any atom is 0.321 e. The largest absolute Gasteiger partial charge is 0.468 e. The fourth-order valence-electron chi connectivity index (χ4n) is 1.06. The number of carbonyl (C=O) groups excluding carboxylic acids is 1.